The minimum absolute atomic E-state index is 0.0768. The fourth-order valence-electron chi connectivity index (χ4n) is 1.17. The number of ketones is 1. The van der Waals surface area contributed by atoms with E-state index in [1.807, 2.05) is 30.3 Å². The SMILES string of the molecule is CC(=O)/C=C/CCOCc1ccc(Br)cc1. The third kappa shape index (κ3) is 5.83. The van der Waals surface area contributed by atoms with Crippen LogP contribution in [-0.4, -0.2) is 12.4 Å². The molecule has 0 aliphatic carbocycles. The molecule has 0 saturated carbocycles. The van der Waals surface area contributed by atoms with Crippen molar-refractivity contribution in [1.29, 1.82) is 0 Å². The van der Waals surface area contributed by atoms with Crippen molar-refractivity contribution in [2.45, 2.75) is 20.0 Å². The molecule has 0 atom stereocenters. The lowest BCUT2D eigenvalue weighted by molar-refractivity contribution is -0.112. The maximum Gasteiger partial charge on any atom is 0.152 e. The van der Waals surface area contributed by atoms with E-state index in [-0.39, 0.29) is 5.78 Å². The summed E-state index contributed by atoms with van der Waals surface area (Å²) in [6.45, 7) is 2.79. The van der Waals surface area contributed by atoms with Gasteiger partial charge < -0.3 is 4.74 Å². The lowest BCUT2D eigenvalue weighted by Gasteiger charge is -2.02. The monoisotopic (exact) mass is 282 g/mol. The van der Waals surface area contributed by atoms with Gasteiger partial charge in [0.2, 0.25) is 0 Å². The summed E-state index contributed by atoms with van der Waals surface area (Å²) in [6.07, 6.45) is 4.18. The summed E-state index contributed by atoms with van der Waals surface area (Å²) in [4.78, 5) is 10.6. The zero-order valence-electron chi connectivity index (χ0n) is 9.28. The van der Waals surface area contributed by atoms with Crippen LogP contribution < -0.4 is 0 Å². The first kappa shape index (κ1) is 13.1. The van der Waals surface area contributed by atoms with E-state index >= 15 is 0 Å². The van der Waals surface area contributed by atoms with Gasteiger partial charge in [-0.25, -0.2) is 0 Å². The summed E-state index contributed by atoms with van der Waals surface area (Å²) in [7, 11) is 0. The van der Waals surface area contributed by atoms with Crippen molar-refractivity contribution in [3.8, 4) is 0 Å². The maximum absolute atomic E-state index is 10.6. The number of rotatable bonds is 6. The molecular formula is C13H15BrO2. The molecule has 0 amide bonds. The molecule has 0 aliphatic rings. The molecule has 1 rings (SSSR count). The second-order valence-corrected chi connectivity index (χ2v) is 4.40. The molecule has 0 radical (unpaired) electrons. The van der Waals surface area contributed by atoms with E-state index in [0.29, 0.717) is 13.2 Å². The highest BCUT2D eigenvalue weighted by molar-refractivity contribution is 9.10. The number of hydrogen-bond donors (Lipinski definition) is 0. The molecule has 1 aromatic rings. The molecule has 86 valence electrons. The fourth-order valence-corrected chi connectivity index (χ4v) is 1.44. The lowest BCUT2D eigenvalue weighted by atomic mass is 10.2. The van der Waals surface area contributed by atoms with Gasteiger partial charge in [0, 0.05) is 4.47 Å². The highest BCUT2D eigenvalue weighted by Crippen LogP contribution is 2.11. The van der Waals surface area contributed by atoms with Gasteiger partial charge in [-0.3, -0.25) is 4.79 Å². The normalized spacial score (nSPS) is 10.9. The molecule has 2 nitrogen and oxygen atoms in total. The number of ether oxygens (including phenoxy) is 1. The van der Waals surface area contributed by atoms with E-state index in [1.165, 1.54) is 0 Å². The summed E-state index contributed by atoms with van der Waals surface area (Å²) in [5, 5.41) is 0. The van der Waals surface area contributed by atoms with Crippen molar-refractivity contribution in [2.24, 2.45) is 0 Å². The fraction of sp³-hybridized carbons (Fsp3) is 0.308. The minimum atomic E-state index is 0.0768. The van der Waals surface area contributed by atoms with Crippen molar-refractivity contribution in [3.63, 3.8) is 0 Å². The third-order valence-corrected chi connectivity index (χ3v) is 2.49. The van der Waals surface area contributed by atoms with Crippen LogP contribution >= 0.6 is 15.9 Å². The van der Waals surface area contributed by atoms with Crippen molar-refractivity contribution in [2.75, 3.05) is 6.61 Å². The first-order valence-electron chi connectivity index (χ1n) is 5.18. The molecule has 0 aliphatic heterocycles. The molecule has 1 aromatic carbocycles. The number of allylic oxidation sites excluding steroid dienone is 1. The molecule has 0 bridgehead atoms. The Labute approximate surface area is 104 Å². The average Bonchev–Trinajstić information content (AvgIpc) is 2.25. The third-order valence-electron chi connectivity index (χ3n) is 1.96. The van der Waals surface area contributed by atoms with Crippen molar-refractivity contribution < 1.29 is 9.53 Å². The Morgan fingerprint density at radius 3 is 2.69 bits per heavy atom. The van der Waals surface area contributed by atoms with Gasteiger partial charge in [-0.05, 0) is 37.1 Å². The van der Waals surface area contributed by atoms with Crippen LogP contribution in [-0.2, 0) is 16.1 Å². The van der Waals surface area contributed by atoms with Gasteiger partial charge in [-0.1, -0.05) is 34.1 Å². The van der Waals surface area contributed by atoms with E-state index in [1.54, 1.807) is 13.0 Å². The largest absolute Gasteiger partial charge is 0.376 e. The Bertz CT molecular complexity index is 355. The second kappa shape index (κ2) is 7.36. The quantitative estimate of drug-likeness (QED) is 0.590. The minimum Gasteiger partial charge on any atom is -0.376 e. The lowest BCUT2D eigenvalue weighted by Crippen LogP contribution is -1.94. The highest BCUT2D eigenvalue weighted by Gasteiger charge is 1.92. The second-order valence-electron chi connectivity index (χ2n) is 3.48. The molecule has 0 spiro atoms. The average molecular weight is 283 g/mol. The number of carbonyl (C=O) groups is 1. The molecular weight excluding hydrogens is 268 g/mol. The summed E-state index contributed by atoms with van der Waals surface area (Å²) in [5.41, 5.74) is 1.15. The van der Waals surface area contributed by atoms with Gasteiger partial charge >= 0.3 is 0 Å². The molecule has 16 heavy (non-hydrogen) atoms. The first-order valence-corrected chi connectivity index (χ1v) is 5.97. The summed E-state index contributed by atoms with van der Waals surface area (Å²) < 4.78 is 6.53. The molecule has 0 aromatic heterocycles. The molecule has 0 fully saturated rings. The van der Waals surface area contributed by atoms with E-state index in [4.69, 9.17) is 4.74 Å². The van der Waals surface area contributed by atoms with Crippen molar-refractivity contribution in [3.05, 3.63) is 46.5 Å². The van der Waals surface area contributed by atoms with Gasteiger partial charge in [-0.2, -0.15) is 0 Å². The topological polar surface area (TPSA) is 26.3 Å². The zero-order valence-corrected chi connectivity index (χ0v) is 10.9. The Balaban J connectivity index is 2.16. The van der Waals surface area contributed by atoms with E-state index in [2.05, 4.69) is 15.9 Å². The highest BCUT2D eigenvalue weighted by atomic mass is 79.9. The number of carbonyl (C=O) groups excluding carboxylic acids is 1. The Morgan fingerprint density at radius 1 is 1.38 bits per heavy atom. The Morgan fingerprint density at radius 2 is 2.06 bits per heavy atom. The number of halogens is 1. The maximum atomic E-state index is 10.6. The van der Waals surface area contributed by atoms with E-state index < -0.39 is 0 Å². The molecule has 0 unspecified atom stereocenters. The molecule has 3 heteroatoms. The van der Waals surface area contributed by atoms with Crippen LogP contribution in [0.4, 0.5) is 0 Å². The van der Waals surface area contributed by atoms with Crippen LogP contribution in [0, 0.1) is 0 Å². The summed E-state index contributed by atoms with van der Waals surface area (Å²) >= 11 is 3.38. The van der Waals surface area contributed by atoms with Gasteiger partial charge in [0.15, 0.2) is 5.78 Å². The Hall–Kier alpha value is -0.930. The number of hydrogen-bond acceptors (Lipinski definition) is 2. The molecule has 0 saturated heterocycles. The van der Waals surface area contributed by atoms with Gasteiger partial charge in [0.1, 0.15) is 0 Å². The summed E-state index contributed by atoms with van der Waals surface area (Å²) in [6, 6.07) is 8.04. The van der Waals surface area contributed by atoms with Crippen LogP contribution in [0.1, 0.15) is 18.9 Å². The molecule has 0 heterocycles. The van der Waals surface area contributed by atoms with Gasteiger partial charge in [-0.15, -0.1) is 0 Å². The van der Waals surface area contributed by atoms with Crippen LogP contribution in [0.2, 0.25) is 0 Å². The van der Waals surface area contributed by atoms with Crippen molar-refractivity contribution >= 4 is 21.7 Å². The zero-order chi connectivity index (χ0) is 11.8. The van der Waals surface area contributed by atoms with Crippen LogP contribution in [0.3, 0.4) is 0 Å². The van der Waals surface area contributed by atoms with E-state index in [0.717, 1.165) is 16.5 Å². The van der Waals surface area contributed by atoms with Gasteiger partial charge in [0.05, 0.1) is 13.2 Å². The summed E-state index contributed by atoms with van der Waals surface area (Å²) in [5.74, 6) is 0.0768. The molecule has 0 N–H and O–H groups in total. The Kier molecular flexibility index (Phi) is 6.04. The van der Waals surface area contributed by atoms with Gasteiger partial charge in [0.25, 0.3) is 0 Å². The smallest absolute Gasteiger partial charge is 0.152 e. The predicted octanol–water partition coefficient (Wildman–Crippen LogP) is 3.50. The van der Waals surface area contributed by atoms with E-state index in [9.17, 15) is 4.79 Å². The van der Waals surface area contributed by atoms with Crippen LogP contribution in [0.5, 0.6) is 0 Å². The van der Waals surface area contributed by atoms with Crippen LogP contribution in [0.15, 0.2) is 40.9 Å². The standard InChI is InChI=1S/C13H15BrO2/c1-11(15)4-2-3-9-16-10-12-5-7-13(14)8-6-12/h2,4-8H,3,9-10H2,1H3/b4-2+. The van der Waals surface area contributed by atoms with Crippen molar-refractivity contribution in [1.82, 2.24) is 0 Å². The first-order chi connectivity index (χ1) is 7.68. The number of benzene rings is 1. The predicted molar refractivity (Wildman–Crippen MR) is 68.2 cm³/mol. The van der Waals surface area contributed by atoms with Crippen LogP contribution in [0.25, 0.3) is 0 Å².